The number of carbonyl (C=O) groups is 2. The first-order valence-corrected chi connectivity index (χ1v) is 9.79. The van der Waals surface area contributed by atoms with Gasteiger partial charge in [-0.05, 0) is 37.2 Å². The molecule has 3 rings (SSSR count). The highest BCUT2D eigenvalue weighted by Crippen LogP contribution is 2.18. The number of rotatable bonds is 3. The van der Waals surface area contributed by atoms with Gasteiger partial charge in [-0.15, -0.1) is 12.4 Å². The highest BCUT2D eigenvalue weighted by Gasteiger charge is 2.29. The number of piperazine rings is 1. The third-order valence-electron chi connectivity index (χ3n) is 4.37. The molecule has 0 aliphatic carbocycles. The summed E-state index contributed by atoms with van der Waals surface area (Å²) in [6.45, 7) is 3.35. The predicted octanol–water partition coefficient (Wildman–Crippen LogP) is -0.336. The molecule has 10 heteroatoms. The van der Waals surface area contributed by atoms with Gasteiger partial charge in [-0.25, -0.2) is 8.42 Å². The van der Waals surface area contributed by atoms with Crippen molar-refractivity contribution in [1.82, 2.24) is 19.8 Å². The van der Waals surface area contributed by atoms with Crippen LogP contribution in [0, 0.1) is 0 Å². The van der Waals surface area contributed by atoms with E-state index in [1.807, 2.05) is 0 Å². The van der Waals surface area contributed by atoms with Crippen LogP contribution in [0.2, 0.25) is 0 Å². The second-order valence-electron chi connectivity index (χ2n) is 6.11. The van der Waals surface area contributed by atoms with Gasteiger partial charge in [-0.2, -0.15) is 4.31 Å². The lowest BCUT2D eigenvalue weighted by atomic mass is 10.2. The normalized spacial score (nSPS) is 19.2. The Morgan fingerprint density at radius 3 is 2.42 bits per heavy atom. The zero-order valence-electron chi connectivity index (χ0n) is 14.3. The van der Waals surface area contributed by atoms with Crippen molar-refractivity contribution >= 4 is 34.2 Å². The number of sulfonamides is 1. The average molecular weight is 403 g/mol. The summed E-state index contributed by atoms with van der Waals surface area (Å²) in [7, 11) is -3.73. The fourth-order valence-corrected chi connectivity index (χ4v) is 4.37. The van der Waals surface area contributed by atoms with Gasteiger partial charge >= 0.3 is 0 Å². The molecule has 0 bridgehead atoms. The van der Waals surface area contributed by atoms with Crippen LogP contribution in [0.5, 0.6) is 0 Å². The van der Waals surface area contributed by atoms with Crippen LogP contribution in [0.3, 0.4) is 0 Å². The van der Waals surface area contributed by atoms with Crippen molar-refractivity contribution in [2.75, 3.05) is 45.8 Å². The number of nitrogens with one attached hydrogen (secondary N) is 2. The lowest BCUT2D eigenvalue weighted by Crippen LogP contribution is -2.49. The summed E-state index contributed by atoms with van der Waals surface area (Å²) in [6.07, 6.45) is 0.898. The van der Waals surface area contributed by atoms with Gasteiger partial charge in [0.1, 0.15) is 0 Å². The Balaban J connectivity index is 0.00000243. The van der Waals surface area contributed by atoms with E-state index in [0.29, 0.717) is 25.2 Å². The first kappa shape index (κ1) is 20.6. The Morgan fingerprint density at radius 2 is 1.73 bits per heavy atom. The molecule has 2 aliphatic rings. The van der Waals surface area contributed by atoms with E-state index < -0.39 is 10.0 Å². The van der Waals surface area contributed by atoms with Crippen LogP contribution in [0.25, 0.3) is 0 Å². The zero-order valence-corrected chi connectivity index (χ0v) is 15.9. The molecule has 2 amide bonds. The Kier molecular flexibility index (Phi) is 6.99. The molecule has 26 heavy (non-hydrogen) atoms. The number of halogens is 1. The van der Waals surface area contributed by atoms with Gasteiger partial charge in [0, 0.05) is 38.3 Å². The van der Waals surface area contributed by atoms with E-state index in [1.165, 1.54) is 24.3 Å². The predicted molar refractivity (Wildman–Crippen MR) is 98.8 cm³/mol. The second-order valence-corrected chi connectivity index (χ2v) is 8.05. The van der Waals surface area contributed by atoms with Crippen LogP contribution in [-0.2, 0) is 14.8 Å². The smallest absolute Gasteiger partial charge is 0.253 e. The Morgan fingerprint density at radius 1 is 1.00 bits per heavy atom. The average Bonchev–Trinajstić information content (AvgIpc) is 2.90. The molecule has 2 fully saturated rings. The molecule has 2 N–H and O–H groups in total. The maximum atomic E-state index is 12.6. The molecular weight excluding hydrogens is 380 g/mol. The summed E-state index contributed by atoms with van der Waals surface area (Å²) in [6, 6.07) is 5.95. The van der Waals surface area contributed by atoms with E-state index >= 15 is 0 Å². The molecule has 144 valence electrons. The Hall–Kier alpha value is -1.68. The highest BCUT2D eigenvalue weighted by molar-refractivity contribution is 7.89. The number of hydrogen-bond acceptors (Lipinski definition) is 5. The topological polar surface area (TPSA) is 98.8 Å². The molecule has 0 unspecified atom stereocenters. The third-order valence-corrected chi connectivity index (χ3v) is 6.23. The van der Waals surface area contributed by atoms with Crippen molar-refractivity contribution in [3.05, 3.63) is 29.8 Å². The first-order valence-electron chi connectivity index (χ1n) is 8.35. The summed E-state index contributed by atoms with van der Waals surface area (Å²) >= 11 is 0. The van der Waals surface area contributed by atoms with Gasteiger partial charge in [0.25, 0.3) is 5.91 Å². The summed E-state index contributed by atoms with van der Waals surface area (Å²) < 4.78 is 26.4. The summed E-state index contributed by atoms with van der Waals surface area (Å²) in [5.41, 5.74) is 0.470. The van der Waals surface area contributed by atoms with Crippen molar-refractivity contribution < 1.29 is 18.0 Å². The maximum Gasteiger partial charge on any atom is 0.253 e. The van der Waals surface area contributed by atoms with E-state index in [2.05, 4.69) is 10.6 Å². The lowest BCUT2D eigenvalue weighted by Gasteiger charge is -2.26. The minimum absolute atomic E-state index is 0. The number of benzene rings is 1. The molecular formula is C16H23ClN4O4S. The maximum absolute atomic E-state index is 12.6. The van der Waals surface area contributed by atoms with Gasteiger partial charge in [-0.1, -0.05) is 0 Å². The zero-order chi connectivity index (χ0) is 17.9. The monoisotopic (exact) mass is 402 g/mol. The first-order chi connectivity index (χ1) is 12.0. The standard InChI is InChI=1S/C16H22N4O4S.ClH/c21-15-12-20(11-8-18-15)25(23,24)14-4-2-13(3-5-14)16(22)19-9-1-6-17-7-10-19;/h2-5,17H,1,6-12H2,(H,18,21);1H. The van der Waals surface area contributed by atoms with E-state index in [4.69, 9.17) is 0 Å². The molecule has 0 saturated carbocycles. The van der Waals surface area contributed by atoms with Gasteiger partial charge < -0.3 is 15.5 Å². The van der Waals surface area contributed by atoms with Crippen LogP contribution >= 0.6 is 12.4 Å². The fraction of sp³-hybridized carbons (Fsp3) is 0.500. The number of hydrogen-bond donors (Lipinski definition) is 2. The Bertz CT molecular complexity index is 746. The van der Waals surface area contributed by atoms with Crippen LogP contribution in [0.1, 0.15) is 16.8 Å². The van der Waals surface area contributed by atoms with Crippen molar-refractivity contribution in [3.8, 4) is 0 Å². The summed E-state index contributed by atoms with van der Waals surface area (Å²) in [5.74, 6) is -0.401. The quantitative estimate of drug-likeness (QED) is 0.721. The van der Waals surface area contributed by atoms with Crippen LogP contribution in [0.15, 0.2) is 29.2 Å². The fourth-order valence-electron chi connectivity index (χ4n) is 2.97. The van der Waals surface area contributed by atoms with E-state index in [-0.39, 0.29) is 42.2 Å². The molecule has 0 spiro atoms. The summed E-state index contributed by atoms with van der Waals surface area (Å²) in [5, 5.41) is 5.84. The van der Waals surface area contributed by atoms with Crippen molar-refractivity contribution in [1.29, 1.82) is 0 Å². The number of nitrogens with zero attached hydrogens (tertiary/aromatic N) is 2. The largest absolute Gasteiger partial charge is 0.354 e. The van der Waals surface area contributed by atoms with Crippen LogP contribution < -0.4 is 10.6 Å². The number of amides is 2. The molecule has 1 aromatic carbocycles. The Labute approximate surface area is 159 Å². The molecule has 2 heterocycles. The minimum atomic E-state index is -3.73. The van der Waals surface area contributed by atoms with Crippen LogP contribution in [0.4, 0.5) is 0 Å². The highest BCUT2D eigenvalue weighted by atomic mass is 35.5. The molecule has 2 aliphatic heterocycles. The van der Waals surface area contributed by atoms with E-state index in [9.17, 15) is 18.0 Å². The second kappa shape index (κ2) is 8.81. The molecule has 2 saturated heterocycles. The molecule has 0 radical (unpaired) electrons. The third kappa shape index (κ3) is 4.53. The van der Waals surface area contributed by atoms with E-state index in [0.717, 1.165) is 23.8 Å². The summed E-state index contributed by atoms with van der Waals surface area (Å²) in [4.78, 5) is 25.8. The lowest BCUT2D eigenvalue weighted by molar-refractivity contribution is -0.122. The van der Waals surface area contributed by atoms with Crippen molar-refractivity contribution in [2.45, 2.75) is 11.3 Å². The van der Waals surface area contributed by atoms with Gasteiger partial charge in [-0.3, -0.25) is 9.59 Å². The van der Waals surface area contributed by atoms with Crippen molar-refractivity contribution in [2.24, 2.45) is 0 Å². The molecule has 8 nitrogen and oxygen atoms in total. The van der Waals surface area contributed by atoms with Crippen molar-refractivity contribution in [3.63, 3.8) is 0 Å². The van der Waals surface area contributed by atoms with Crippen LogP contribution in [-0.4, -0.2) is 75.3 Å². The molecule has 0 atom stereocenters. The van der Waals surface area contributed by atoms with E-state index in [1.54, 1.807) is 4.90 Å². The minimum Gasteiger partial charge on any atom is -0.354 e. The molecule has 1 aromatic rings. The SMILES string of the molecule is Cl.O=C1CN(S(=O)(=O)c2ccc(C(=O)N3CCCNCC3)cc2)CCN1. The van der Waals surface area contributed by atoms with Gasteiger partial charge in [0.05, 0.1) is 11.4 Å². The molecule has 0 aromatic heterocycles. The van der Waals surface area contributed by atoms with Gasteiger partial charge in [0.15, 0.2) is 0 Å². The number of carbonyl (C=O) groups excluding carboxylic acids is 2. The van der Waals surface area contributed by atoms with Gasteiger partial charge in [0.2, 0.25) is 15.9 Å².